The van der Waals surface area contributed by atoms with Gasteiger partial charge in [-0.3, -0.25) is 4.98 Å². The highest BCUT2D eigenvalue weighted by Crippen LogP contribution is 2.53. The van der Waals surface area contributed by atoms with E-state index in [1.54, 1.807) is 6.20 Å². The molecule has 2 aliphatic rings. The molecule has 0 bridgehead atoms. The van der Waals surface area contributed by atoms with Crippen molar-refractivity contribution in [2.24, 2.45) is 5.41 Å². The van der Waals surface area contributed by atoms with Crippen LogP contribution in [0.1, 0.15) is 38.5 Å². The average molecular weight is 246 g/mol. The molecule has 18 heavy (non-hydrogen) atoms. The molecule has 1 heterocycles. The van der Waals surface area contributed by atoms with Gasteiger partial charge in [-0.25, -0.2) is 0 Å². The van der Waals surface area contributed by atoms with Crippen LogP contribution in [0, 0.1) is 5.41 Å². The van der Waals surface area contributed by atoms with Gasteiger partial charge in [-0.15, -0.1) is 0 Å². The summed E-state index contributed by atoms with van der Waals surface area (Å²) in [5, 5.41) is 3.48. The molecule has 0 saturated heterocycles. The van der Waals surface area contributed by atoms with Crippen LogP contribution in [0.25, 0.3) is 0 Å². The van der Waals surface area contributed by atoms with Crippen LogP contribution < -0.4 is 10.1 Å². The third-order valence-corrected chi connectivity index (χ3v) is 4.83. The monoisotopic (exact) mass is 246 g/mol. The molecule has 0 aliphatic heterocycles. The van der Waals surface area contributed by atoms with Crippen LogP contribution in [0.2, 0.25) is 0 Å². The second kappa shape index (κ2) is 4.88. The van der Waals surface area contributed by atoms with Crippen molar-refractivity contribution in [1.82, 2.24) is 10.3 Å². The minimum Gasteiger partial charge on any atom is -0.488 e. The van der Waals surface area contributed by atoms with Crippen LogP contribution in [-0.4, -0.2) is 24.2 Å². The lowest BCUT2D eigenvalue weighted by Gasteiger charge is -2.57. The van der Waals surface area contributed by atoms with Gasteiger partial charge in [0.2, 0.25) is 0 Å². The summed E-state index contributed by atoms with van der Waals surface area (Å²) in [7, 11) is 2.08. The molecule has 2 fully saturated rings. The summed E-state index contributed by atoms with van der Waals surface area (Å²) in [6.45, 7) is 0. The van der Waals surface area contributed by atoms with Gasteiger partial charge >= 0.3 is 0 Å². The maximum Gasteiger partial charge on any atom is 0.138 e. The predicted molar refractivity (Wildman–Crippen MR) is 71.6 cm³/mol. The Labute approximate surface area is 109 Å². The fraction of sp³-hybridized carbons (Fsp3) is 0.667. The molecule has 3 rings (SSSR count). The Kier molecular flexibility index (Phi) is 3.25. The van der Waals surface area contributed by atoms with Crippen LogP contribution in [-0.2, 0) is 0 Å². The van der Waals surface area contributed by atoms with Crippen molar-refractivity contribution >= 4 is 0 Å². The first-order valence-electron chi connectivity index (χ1n) is 7.09. The van der Waals surface area contributed by atoms with E-state index < -0.39 is 0 Å². The molecule has 0 radical (unpaired) electrons. The first kappa shape index (κ1) is 12.0. The molecule has 1 N–H and O–H groups in total. The summed E-state index contributed by atoms with van der Waals surface area (Å²) in [6, 6.07) is 4.59. The number of hydrogen-bond acceptors (Lipinski definition) is 3. The fourth-order valence-corrected chi connectivity index (χ4v) is 3.78. The SMILES string of the molecule is CNC1CC(Oc2cccnc2)C12CCCCC2. The highest BCUT2D eigenvalue weighted by Gasteiger charge is 2.55. The molecule has 2 atom stereocenters. The van der Waals surface area contributed by atoms with Crippen LogP contribution >= 0.6 is 0 Å². The van der Waals surface area contributed by atoms with Crippen molar-refractivity contribution in [2.45, 2.75) is 50.7 Å². The van der Waals surface area contributed by atoms with Crippen molar-refractivity contribution in [1.29, 1.82) is 0 Å². The lowest BCUT2D eigenvalue weighted by Crippen LogP contribution is -2.64. The molecule has 3 heteroatoms. The molecule has 3 nitrogen and oxygen atoms in total. The summed E-state index contributed by atoms with van der Waals surface area (Å²) in [5.74, 6) is 0.919. The summed E-state index contributed by atoms with van der Waals surface area (Å²) < 4.78 is 6.17. The maximum atomic E-state index is 6.17. The first-order valence-corrected chi connectivity index (χ1v) is 7.09. The summed E-state index contributed by atoms with van der Waals surface area (Å²) in [5.41, 5.74) is 0.378. The van der Waals surface area contributed by atoms with E-state index in [2.05, 4.69) is 17.3 Å². The fourth-order valence-electron chi connectivity index (χ4n) is 3.78. The van der Waals surface area contributed by atoms with E-state index in [1.165, 1.54) is 32.1 Å². The van der Waals surface area contributed by atoms with E-state index in [-0.39, 0.29) is 0 Å². The van der Waals surface area contributed by atoms with Crippen LogP contribution in [0.3, 0.4) is 0 Å². The number of nitrogens with zero attached hydrogens (tertiary/aromatic N) is 1. The smallest absolute Gasteiger partial charge is 0.138 e. The first-order chi connectivity index (χ1) is 8.85. The number of aromatic nitrogens is 1. The van der Waals surface area contributed by atoms with Crippen molar-refractivity contribution in [2.75, 3.05) is 7.05 Å². The van der Waals surface area contributed by atoms with Crippen LogP contribution in [0.5, 0.6) is 5.75 Å². The highest BCUT2D eigenvalue weighted by atomic mass is 16.5. The van der Waals surface area contributed by atoms with Gasteiger partial charge in [-0.2, -0.15) is 0 Å². The Hall–Kier alpha value is -1.09. The minimum atomic E-state index is 0.374. The molecule has 2 saturated carbocycles. The lowest BCUT2D eigenvalue weighted by atomic mass is 9.55. The second-order valence-corrected chi connectivity index (χ2v) is 5.67. The molecular formula is C15H22N2O. The Morgan fingerprint density at radius 3 is 2.83 bits per heavy atom. The standard InChI is InChI=1S/C15H22N2O/c1-16-13-10-14(15(13)7-3-2-4-8-15)18-12-6-5-9-17-11-12/h5-6,9,11,13-14,16H,2-4,7-8,10H2,1H3. The van der Waals surface area contributed by atoms with E-state index in [4.69, 9.17) is 4.74 Å². The van der Waals surface area contributed by atoms with Gasteiger partial charge in [0.05, 0.1) is 6.20 Å². The Balaban J connectivity index is 1.73. The molecule has 1 aromatic heterocycles. The summed E-state index contributed by atoms with van der Waals surface area (Å²) in [6.07, 6.45) is 11.8. The largest absolute Gasteiger partial charge is 0.488 e. The summed E-state index contributed by atoms with van der Waals surface area (Å²) >= 11 is 0. The van der Waals surface area contributed by atoms with Gasteiger partial charge in [-0.05, 0) is 32.0 Å². The molecule has 0 amide bonds. The highest BCUT2D eigenvalue weighted by molar-refractivity contribution is 5.19. The predicted octanol–water partition coefficient (Wildman–Crippen LogP) is 2.77. The quantitative estimate of drug-likeness (QED) is 0.890. The lowest BCUT2D eigenvalue weighted by molar-refractivity contribution is -0.101. The molecule has 0 aromatic carbocycles. The van der Waals surface area contributed by atoms with Gasteiger partial charge in [0.1, 0.15) is 11.9 Å². The van der Waals surface area contributed by atoms with Gasteiger partial charge in [0, 0.05) is 24.1 Å². The number of pyridine rings is 1. The van der Waals surface area contributed by atoms with Crippen molar-refractivity contribution in [3.8, 4) is 5.75 Å². The van der Waals surface area contributed by atoms with Crippen LogP contribution in [0.4, 0.5) is 0 Å². The summed E-state index contributed by atoms with van der Waals surface area (Å²) in [4.78, 5) is 4.13. The number of nitrogens with one attached hydrogen (secondary N) is 1. The van der Waals surface area contributed by atoms with E-state index in [9.17, 15) is 0 Å². The molecule has 2 unspecified atom stereocenters. The third kappa shape index (κ3) is 1.91. The van der Waals surface area contributed by atoms with Gasteiger partial charge < -0.3 is 10.1 Å². The van der Waals surface area contributed by atoms with Crippen LogP contribution in [0.15, 0.2) is 24.5 Å². The molecule has 2 aliphatic carbocycles. The zero-order chi connectivity index (χ0) is 12.4. The van der Waals surface area contributed by atoms with E-state index >= 15 is 0 Å². The number of ether oxygens (including phenoxy) is 1. The third-order valence-electron chi connectivity index (χ3n) is 4.83. The number of rotatable bonds is 3. The zero-order valence-corrected chi connectivity index (χ0v) is 11.1. The minimum absolute atomic E-state index is 0.374. The molecular weight excluding hydrogens is 224 g/mol. The van der Waals surface area contributed by atoms with E-state index in [0.29, 0.717) is 17.6 Å². The van der Waals surface area contributed by atoms with Crippen molar-refractivity contribution < 1.29 is 4.74 Å². The zero-order valence-electron chi connectivity index (χ0n) is 11.1. The maximum absolute atomic E-state index is 6.17. The van der Waals surface area contributed by atoms with E-state index in [1.807, 2.05) is 18.3 Å². The normalized spacial score (nSPS) is 29.8. The molecule has 1 aromatic rings. The Bertz CT molecular complexity index is 387. The van der Waals surface area contributed by atoms with E-state index in [0.717, 1.165) is 12.2 Å². The Morgan fingerprint density at radius 2 is 2.17 bits per heavy atom. The molecule has 98 valence electrons. The van der Waals surface area contributed by atoms with Gasteiger partial charge in [0.25, 0.3) is 0 Å². The van der Waals surface area contributed by atoms with Crippen molar-refractivity contribution in [3.05, 3.63) is 24.5 Å². The second-order valence-electron chi connectivity index (χ2n) is 5.67. The topological polar surface area (TPSA) is 34.1 Å². The van der Waals surface area contributed by atoms with Gasteiger partial charge in [0.15, 0.2) is 0 Å². The van der Waals surface area contributed by atoms with Gasteiger partial charge in [-0.1, -0.05) is 19.3 Å². The van der Waals surface area contributed by atoms with Crippen molar-refractivity contribution in [3.63, 3.8) is 0 Å². The average Bonchev–Trinajstić information content (AvgIpc) is 2.45. The Morgan fingerprint density at radius 1 is 1.33 bits per heavy atom. The molecule has 1 spiro atoms. The number of hydrogen-bond donors (Lipinski definition) is 1.